The zero-order valence-electron chi connectivity index (χ0n) is 14.6. The van der Waals surface area contributed by atoms with Crippen molar-refractivity contribution in [3.05, 3.63) is 54.9 Å². The number of nitro groups is 1. The van der Waals surface area contributed by atoms with Crippen molar-refractivity contribution >= 4 is 45.5 Å². The maximum Gasteiger partial charge on any atom is 0.341 e. The molecule has 0 aliphatic rings. The van der Waals surface area contributed by atoms with Crippen molar-refractivity contribution in [2.45, 2.75) is 33.8 Å². The van der Waals surface area contributed by atoms with Crippen molar-refractivity contribution in [2.75, 3.05) is 5.32 Å². The van der Waals surface area contributed by atoms with Gasteiger partial charge in [-0.25, -0.2) is 4.79 Å². The first-order valence-electron chi connectivity index (χ1n) is 7.68. The van der Waals surface area contributed by atoms with Gasteiger partial charge in [-0.1, -0.05) is 11.6 Å². The van der Waals surface area contributed by atoms with E-state index in [9.17, 15) is 19.7 Å². The topological polar surface area (TPSA) is 98.5 Å². The van der Waals surface area contributed by atoms with Gasteiger partial charge in [0, 0.05) is 16.0 Å². The summed E-state index contributed by atoms with van der Waals surface area (Å²) in [6.45, 7) is 7.01. The monoisotopic (exact) mass is 396 g/mol. The third kappa shape index (κ3) is 4.20. The van der Waals surface area contributed by atoms with Gasteiger partial charge in [-0.05, 0) is 45.4 Å². The highest BCUT2D eigenvalue weighted by Crippen LogP contribution is 2.34. The van der Waals surface area contributed by atoms with Crippen molar-refractivity contribution in [1.29, 1.82) is 0 Å². The fourth-order valence-electron chi connectivity index (χ4n) is 2.25. The molecule has 0 radical (unpaired) electrons. The van der Waals surface area contributed by atoms with E-state index in [4.69, 9.17) is 16.3 Å². The number of halogens is 1. The zero-order valence-corrected chi connectivity index (χ0v) is 16.2. The third-order valence-electron chi connectivity index (χ3n) is 3.56. The molecule has 26 heavy (non-hydrogen) atoms. The maximum absolute atomic E-state index is 12.6. The molecule has 0 saturated heterocycles. The number of aryl methyl sites for hydroxylation is 1. The number of benzene rings is 1. The molecule has 1 aromatic carbocycles. The predicted molar refractivity (Wildman–Crippen MR) is 100 cm³/mol. The Labute approximate surface area is 159 Å². The minimum Gasteiger partial charge on any atom is -0.459 e. The fraction of sp³-hybridized carbons (Fsp3) is 0.294. The molecular formula is C17H17ClN2O5S. The molecule has 0 aliphatic heterocycles. The average Bonchev–Trinajstić information content (AvgIpc) is 2.80. The van der Waals surface area contributed by atoms with E-state index in [1.165, 1.54) is 23.5 Å². The van der Waals surface area contributed by atoms with Crippen molar-refractivity contribution in [3.8, 4) is 0 Å². The van der Waals surface area contributed by atoms with Gasteiger partial charge in [0.2, 0.25) is 0 Å². The Balaban J connectivity index is 2.41. The van der Waals surface area contributed by atoms with Crippen LogP contribution in [0.5, 0.6) is 0 Å². The van der Waals surface area contributed by atoms with Gasteiger partial charge < -0.3 is 10.1 Å². The number of hydrogen-bond donors (Lipinski definition) is 1. The molecule has 0 spiro atoms. The number of anilines is 1. The van der Waals surface area contributed by atoms with Crippen LogP contribution in [0, 0.1) is 24.0 Å². The minimum absolute atomic E-state index is 0.147. The Morgan fingerprint density at radius 2 is 1.96 bits per heavy atom. The normalized spacial score (nSPS) is 10.7. The lowest BCUT2D eigenvalue weighted by atomic mass is 10.1. The SMILES string of the molecule is Cc1sc(NC(=O)c2ccc(Cl)cc2[N+](=O)[O-])c(C(=O)OC(C)C)c1C. The molecule has 0 atom stereocenters. The number of esters is 1. The first-order valence-corrected chi connectivity index (χ1v) is 8.87. The van der Waals surface area contributed by atoms with Crippen LogP contribution in [0.2, 0.25) is 5.02 Å². The van der Waals surface area contributed by atoms with Crippen LogP contribution in [0.1, 0.15) is 45.0 Å². The Bertz CT molecular complexity index is 892. The summed E-state index contributed by atoms with van der Waals surface area (Å²) in [7, 11) is 0. The van der Waals surface area contributed by atoms with Gasteiger partial charge in [-0.15, -0.1) is 11.3 Å². The molecular weight excluding hydrogens is 380 g/mol. The van der Waals surface area contributed by atoms with Gasteiger partial charge in [0.1, 0.15) is 10.6 Å². The van der Waals surface area contributed by atoms with E-state index in [0.717, 1.165) is 10.9 Å². The van der Waals surface area contributed by atoms with Crippen LogP contribution in [0.15, 0.2) is 18.2 Å². The largest absolute Gasteiger partial charge is 0.459 e. The van der Waals surface area contributed by atoms with Crippen LogP contribution in [-0.4, -0.2) is 22.9 Å². The van der Waals surface area contributed by atoms with Crippen molar-refractivity contribution in [1.82, 2.24) is 0 Å². The van der Waals surface area contributed by atoms with Gasteiger partial charge >= 0.3 is 5.97 Å². The van der Waals surface area contributed by atoms with E-state index >= 15 is 0 Å². The van der Waals surface area contributed by atoms with Gasteiger partial charge in [-0.2, -0.15) is 0 Å². The Morgan fingerprint density at radius 3 is 2.54 bits per heavy atom. The van der Waals surface area contributed by atoms with Crippen LogP contribution < -0.4 is 5.32 Å². The van der Waals surface area contributed by atoms with E-state index in [-0.39, 0.29) is 22.3 Å². The first kappa shape index (κ1) is 19.9. The van der Waals surface area contributed by atoms with Gasteiger partial charge in [0.25, 0.3) is 11.6 Å². The predicted octanol–water partition coefficient (Wildman–Crippen LogP) is 4.74. The lowest BCUT2D eigenvalue weighted by Gasteiger charge is -2.10. The molecule has 1 heterocycles. The molecule has 0 aliphatic carbocycles. The summed E-state index contributed by atoms with van der Waals surface area (Å²) in [5.74, 6) is -1.25. The molecule has 0 saturated carbocycles. The van der Waals surface area contributed by atoms with Crippen LogP contribution in [0.3, 0.4) is 0 Å². The smallest absolute Gasteiger partial charge is 0.341 e. The number of rotatable bonds is 5. The zero-order chi connectivity index (χ0) is 19.6. The minimum atomic E-state index is -0.701. The van der Waals surface area contributed by atoms with Gasteiger partial charge in [-0.3, -0.25) is 14.9 Å². The lowest BCUT2D eigenvalue weighted by molar-refractivity contribution is -0.385. The van der Waals surface area contributed by atoms with Gasteiger partial charge in [0.15, 0.2) is 0 Å². The number of nitrogens with zero attached hydrogens (tertiary/aromatic N) is 1. The summed E-state index contributed by atoms with van der Waals surface area (Å²) < 4.78 is 5.23. The van der Waals surface area contributed by atoms with Crippen molar-refractivity contribution in [3.63, 3.8) is 0 Å². The molecule has 138 valence electrons. The summed E-state index contributed by atoms with van der Waals surface area (Å²) >= 11 is 6.98. The molecule has 7 nitrogen and oxygen atoms in total. The number of hydrogen-bond acceptors (Lipinski definition) is 6. The summed E-state index contributed by atoms with van der Waals surface area (Å²) in [5, 5.41) is 14.2. The first-order chi connectivity index (χ1) is 12.1. The van der Waals surface area contributed by atoms with E-state index < -0.39 is 22.5 Å². The summed E-state index contributed by atoms with van der Waals surface area (Å²) in [4.78, 5) is 36.3. The molecule has 2 aromatic rings. The molecule has 1 N–H and O–H groups in total. The summed E-state index contributed by atoms with van der Waals surface area (Å²) in [6.07, 6.45) is -0.317. The van der Waals surface area contributed by atoms with Crippen molar-refractivity contribution in [2.24, 2.45) is 0 Å². The molecule has 0 fully saturated rings. The molecule has 0 unspecified atom stereocenters. The van der Waals surface area contributed by atoms with E-state index in [1.54, 1.807) is 20.8 Å². The quantitative estimate of drug-likeness (QED) is 0.447. The lowest BCUT2D eigenvalue weighted by Crippen LogP contribution is -2.17. The average molecular weight is 397 g/mol. The number of nitro benzene ring substituents is 1. The van der Waals surface area contributed by atoms with E-state index in [2.05, 4.69) is 5.32 Å². The maximum atomic E-state index is 12.6. The van der Waals surface area contributed by atoms with E-state index in [0.29, 0.717) is 10.6 Å². The fourth-order valence-corrected chi connectivity index (χ4v) is 3.46. The second kappa shape index (κ2) is 7.84. The number of carbonyl (C=O) groups is 2. The van der Waals surface area contributed by atoms with E-state index in [1.807, 2.05) is 6.92 Å². The summed E-state index contributed by atoms with van der Waals surface area (Å²) in [6, 6.07) is 3.77. The second-order valence-electron chi connectivity index (χ2n) is 5.81. The highest BCUT2D eigenvalue weighted by atomic mass is 35.5. The number of amides is 1. The van der Waals surface area contributed by atoms with Crippen LogP contribution >= 0.6 is 22.9 Å². The number of carbonyl (C=O) groups excluding carboxylic acids is 2. The summed E-state index contributed by atoms with van der Waals surface area (Å²) in [5.41, 5.74) is 0.394. The molecule has 1 amide bonds. The van der Waals surface area contributed by atoms with Crippen LogP contribution in [0.4, 0.5) is 10.7 Å². The molecule has 0 bridgehead atoms. The molecule has 1 aromatic heterocycles. The second-order valence-corrected chi connectivity index (χ2v) is 7.48. The highest BCUT2D eigenvalue weighted by Gasteiger charge is 2.26. The van der Waals surface area contributed by atoms with Gasteiger partial charge in [0.05, 0.1) is 16.6 Å². The van der Waals surface area contributed by atoms with Crippen LogP contribution in [0.25, 0.3) is 0 Å². The standard InChI is InChI=1S/C17H17ClN2O5S/c1-8(2)25-17(22)14-9(3)10(4)26-16(14)19-15(21)12-6-5-11(18)7-13(12)20(23)24/h5-8H,1-4H3,(H,19,21). The highest BCUT2D eigenvalue weighted by molar-refractivity contribution is 7.16. The number of thiophene rings is 1. The Kier molecular flexibility index (Phi) is 5.99. The Morgan fingerprint density at radius 1 is 1.31 bits per heavy atom. The molecule has 9 heteroatoms. The Hall–Kier alpha value is -2.45. The third-order valence-corrected chi connectivity index (χ3v) is 4.92. The van der Waals surface area contributed by atoms with Crippen molar-refractivity contribution < 1.29 is 19.2 Å². The number of nitrogens with one attached hydrogen (secondary N) is 1. The molecule has 2 rings (SSSR count). The number of ether oxygens (including phenoxy) is 1. The van der Waals surface area contributed by atoms with Crippen LogP contribution in [-0.2, 0) is 4.74 Å².